The molecule has 4 heteroatoms. The summed E-state index contributed by atoms with van der Waals surface area (Å²) >= 11 is 0. The molecule has 0 fully saturated rings. The molecule has 1 N–H and O–H groups in total. The number of anilines is 2. The zero-order valence-electron chi connectivity index (χ0n) is 15.1. The number of para-hydroxylation sites is 2. The molecule has 0 saturated carbocycles. The summed E-state index contributed by atoms with van der Waals surface area (Å²) in [6, 6.07) is 25.4. The molecule has 136 valence electrons. The maximum atomic E-state index is 12.5. The molecule has 3 aromatic rings. The Labute approximate surface area is 159 Å². The quantitative estimate of drug-likeness (QED) is 0.707. The third-order valence-corrected chi connectivity index (χ3v) is 4.66. The number of fused-ring (bicyclic) bond motifs is 1. The fourth-order valence-electron chi connectivity index (χ4n) is 3.38. The van der Waals surface area contributed by atoms with Crippen LogP contribution in [0.3, 0.4) is 0 Å². The molecule has 1 heterocycles. The minimum atomic E-state index is -0.0107. The van der Waals surface area contributed by atoms with E-state index in [-0.39, 0.29) is 5.91 Å². The first-order chi connectivity index (χ1) is 13.3. The first kappa shape index (κ1) is 17.2. The topological polar surface area (TPSA) is 41.6 Å². The van der Waals surface area contributed by atoms with Gasteiger partial charge in [-0.2, -0.15) is 0 Å². The van der Waals surface area contributed by atoms with Crippen LogP contribution in [0.5, 0.6) is 11.5 Å². The van der Waals surface area contributed by atoms with E-state index < -0.39 is 0 Å². The molecule has 4 nitrogen and oxygen atoms in total. The van der Waals surface area contributed by atoms with Crippen molar-refractivity contribution in [3.05, 3.63) is 84.4 Å². The second-order valence-electron chi connectivity index (χ2n) is 6.64. The highest BCUT2D eigenvalue weighted by Crippen LogP contribution is 2.26. The maximum Gasteiger partial charge on any atom is 0.243 e. The molecule has 3 aromatic carbocycles. The Kier molecular flexibility index (Phi) is 5.06. The Balaban J connectivity index is 1.36. The summed E-state index contributed by atoms with van der Waals surface area (Å²) in [5.74, 6) is 1.52. The molecule has 0 aromatic heterocycles. The fourth-order valence-corrected chi connectivity index (χ4v) is 3.38. The number of benzene rings is 3. The van der Waals surface area contributed by atoms with Crippen molar-refractivity contribution in [2.45, 2.75) is 12.8 Å². The van der Waals surface area contributed by atoms with Crippen LogP contribution in [0.15, 0.2) is 78.9 Å². The second-order valence-corrected chi connectivity index (χ2v) is 6.64. The van der Waals surface area contributed by atoms with Gasteiger partial charge < -0.3 is 15.0 Å². The van der Waals surface area contributed by atoms with Gasteiger partial charge in [-0.15, -0.1) is 0 Å². The number of nitrogens with one attached hydrogen (secondary N) is 1. The molecule has 27 heavy (non-hydrogen) atoms. The summed E-state index contributed by atoms with van der Waals surface area (Å²) in [4.78, 5) is 14.6. The predicted molar refractivity (Wildman–Crippen MR) is 109 cm³/mol. The number of amides is 1. The van der Waals surface area contributed by atoms with E-state index in [2.05, 4.69) is 28.4 Å². The molecule has 0 bridgehead atoms. The lowest BCUT2D eigenvalue weighted by molar-refractivity contribution is -0.115. The van der Waals surface area contributed by atoms with Crippen LogP contribution < -0.4 is 15.0 Å². The zero-order valence-corrected chi connectivity index (χ0v) is 15.1. The van der Waals surface area contributed by atoms with E-state index in [0.717, 1.165) is 36.6 Å². The van der Waals surface area contributed by atoms with Crippen LogP contribution >= 0.6 is 0 Å². The van der Waals surface area contributed by atoms with Crippen LogP contribution in [0.25, 0.3) is 0 Å². The number of hydrogen-bond donors (Lipinski definition) is 1. The number of ether oxygens (including phenoxy) is 1. The van der Waals surface area contributed by atoms with Gasteiger partial charge in [0.15, 0.2) is 0 Å². The zero-order chi connectivity index (χ0) is 18.5. The van der Waals surface area contributed by atoms with Gasteiger partial charge in [0.25, 0.3) is 0 Å². The molecular weight excluding hydrogens is 336 g/mol. The molecule has 0 radical (unpaired) electrons. The standard InChI is InChI=1S/C23H22N2O2/c26-23(17-25-16-6-8-18-7-4-5-11-22(18)25)24-19-12-14-21(15-13-19)27-20-9-2-1-3-10-20/h1-5,7,9-15H,6,8,16-17H2,(H,24,26). The fraction of sp³-hybridized carbons (Fsp3) is 0.174. The lowest BCUT2D eigenvalue weighted by Gasteiger charge is -2.30. The Hall–Kier alpha value is -3.27. The summed E-state index contributed by atoms with van der Waals surface area (Å²) in [6.07, 6.45) is 2.16. The van der Waals surface area contributed by atoms with Gasteiger partial charge in [0.05, 0.1) is 6.54 Å². The molecule has 0 atom stereocenters. The monoisotopic (exact) mass is 358 g/mol. The van der Waals surface area contributed by atoms with Crippen molar-refractivity contribution in [2.24, 2.45) is 0 Å². The highest BCUT2D eigenvalue weighted by atomic mass is 16.5. The van der Waals surface area contributed by atoms with Crippen LogP contribution in [0.1, 0.15) is 12.0 Å². The van der Waals surface area contributed by atoms with Gasteiger partial charge in [-0.1, -0.05) is 36.4 Å². The van der Waals surface area contributed by atoms with Crippen molar-refractivity contribution in [1.82, 2.24) is 0 Å². The van der Waals surface area contributed by atoms with E-state index in [9.17, 15) is 4.79 Å². The van der Waals surface area contributed by atoms with E-state index in [1.54, 1.807) is 0 Å². The lowest BCUT2D eigenvalue weighted by Crippen LogP contribution is -2.36. The predicted octanol–water partition coefficient (Wildman–Crippen LogP) is 4.87. The Morgan fingerprint density at radius 1 is 0.889 bits per heavy atom. The summed E-state index contributed by atoms with van der Waals surface area (Å²) in [6.45, 7) is 1.27. The number of rotatable bonds is 5. The van der Waals surface area contributed by atoms with Crippen molar-refractivity contribution in [3.8, 4) is 11.5 Å². The average Bonchev–Trinajstić information content (AvgIpc) is 2.71. The smallest absolute Gasteiger partial charge is 0.243 e. The van der Waals surface area contributed by atoms with Gasteiger partial charge in [-0.05, 0) is 60.9 Å². The Morgan fingerprint density at radius 3 is 2.41 bits per heavy atom. The molecule has 1 aliphatic heterocycles. The van der Waals surface area contributed by atoms with Crippen molar-refractivity contribution in [3.63, 3.8) is 0 Å². The van der Waals surface area contributed by atoms with Crippen LogP contribution in [0.4, 0.5) is 11.4 Å². The highest BCUT2D eigenvalue weighted by Gasteiger charge is 2.18. The van der Waals surface area contributed by atoms with Crippen molar-refractivity contribution in [1.29, 1.82) is 0 Å². The molecule has 4 rings (SSSR count). The molecule has 0 saturated heterocycles. The van der Waals surface area contributed by atoms with E-state index >= 15 is 0 Å². The third kappa shape index (κ3) is 4.29. The van der Waals surface area contributed by atoms with Gasteiger partial charge in [0.1, 0.15) is 11.5 Å². The van der Waals surface area contributed by atoms with Crippen molar-refractivity contribution >= 4 is 17.3 Å². The van der Waals surface area contributed by atoms with E-state index in [4.69, 9.17) is 4.74 Å². The lowest BCUT2D eigenvalue weighted by atomic mass is 10.0. The van der Waals surface area contributed by atoms with Gasteiger partial charge in [-0.3, -0.25) is 4.79 Å². The summed E-state index contributed by atoms with van der Waals surface area (Å²) in [5.41, 5.74) is 3.26. The van der Waals surface area contributed by atoms with Gasteiger partial charge >= 0.3 is 0 Å². The van der Waals surface area contributed by atoms with Crippen LogP contribution in [-0.2, 0) is 11.2 Å². The highest BCUT2D eigenvalue weighted by molar-refractivity contribution is 5.94. The minimum absolute atomic E-state index is 0.0107. The molecule has 0 spiro atoms. The van der Waals surface area contributed by atoms with E-state index in [0.29, 0.717) is 6.54 Å². The van der Waals surface area contributed by atoms with Gasteiger partial charge in [0, 0.05) is 17.9 Å². The third-order valence-electron chi connectivity index (χ3n) is 4.66. The van der Waals surface area contributed by atoms with E-state index in [1.807, 2.05) is 60.7 Å². The Morgan fingerprint density at radius 2 is 1.59 bits per heavy atom. The molecule has 0 unspecified atom stereocenters. The number of aryl methyl sites for hydroxylation is 1. The largest absolute Gasteiger partial charge is 0.457 e. The first-order valence-corrected chi connectivity index (χ1v) is 9.23. The summed E-state index contributed by atoms with van der Waals surface area (Å²) in [7, 11) is 0. The van der Waals surface area contributed by atoms with Crippen LogP contribution in [-0.4, -0.2) is 19.0 Å². The minimum Gasteiger partial charge on any atom is -0.457 e. The first-order valence-electron chi connectivity index (χ1n) is 9.23. The molecule has 0 aliphatic carbocycles. The number of carbonyl (C=O) groups excluding carboxylic acids is 1. The van der Waals surface area contributed by atoms with Gasteiger partial charge in [0.2, 0.25) is 5.91 Å². The van der Waals surface area contributed by atoms with Gasteiger partial charge in [-0.25, -0.2) is 0 Å². The number of carbonyl (C=O) groups is 1. The SMILES string of the molecule is O=C(CN1CCCc2ccccc21)Nc1ccc(Oc2ccccc2)cc1. The maximum absolute atomic E-state index is 12.5. The summed E-state index contributed by atoms with van der Waals surface area (Å²) in [5, 5.41) is 2.97. The molecular formula is C23H22N2O2. The number of hydrogen-bond acceptors (Lipinski definition) is 3. The summed E-state index contributed by atoms with van der Waals surface area (Å²) < 4.78 is 5.78. The Bertz CT molecular complexity index is 907. The average molecular weight is 358 g/mol. The van der Waals surface area contributed by atoms with Crippen molar-refractivity contribution in [2.75, 3.05) is 23.3 Å². The van der Waals surface area contributed by atoms with Crippen molar-refractivity contribution < 1.29 is 9.53 Å². The van der Waals surface area contributed by atoms with Crippen LogP contribution in [0.2, 0.25) is 0 Å². The van der Waals surface area contributed by atoms with Crippen LogP contribution in [0, 0.1) is 0 Å². The molecule has 1 aliphatic rings. The normalized spacial score (nSPS) is 13.0. The number of nitrogens with zero attached hydrogens (tertiary/aromatic N) is 1. The van der Waals surface area contributed by atoms with E-state index in [1.165, 1.54) is 11.3 Å². The molecule has 1 amide bonds. The second kappa shape index (κ2) is 7.96.